The van der Waals surface area contributed by atoms with Crippen molar-refractivity contribution in [3.63, 3.8) is 0 Å². The number of para-hydroxylation sites is 1. The predicted octanol–water partition coefficient (Wildman–Crippen LogP) is 2.20. The fourth-order valence-electron chi connectivity index (χ4n) is 2.28. The molecule has 0 aliphatic heterocycles. The van der Waals surface area contributed by atoms with Gasteiger partial charge in [-0.15, -0.1) is 0 Å². The van der Waals surface area contributed by atoms with Gasteiger partial charge in [0.15, 0.2) is 0 Å². The Bertz CT molecular complexity index is 558. The van der Waals surface area contributed by atoms with Crippen LogP contribution in [0.1, 0.15) is 56.3 Å². The summed E-state index contributed by atoms with van der Waals surface area (Å²) >= 11 is 0. The number of hydrogen-bond acceptors (Lipinski definition) is 3. The zero-order chi connectivity index (χ0) is 17.2. The summed E-state index contributed by atoms with van der Waals surface area (Å²) in [5.41, 5.74) is 6.09. The third kappa shape index (κ3) is 6.50. The van der Waals surface area contributed by atoms with Crippen molar-refractivity contribution in [3.05, 3.63) is 29.8 Å². The Hall–Kier alpha value is -2.37. The molecule has 126 valence electrons. The Morgan fingerprint density at radius 2 is 1.83 bits per heavy atom. The zero-order valence-electron chi connectivity index (χ0n) is 13.7. The number of nitrogens with two attached hydrogens (primary N) is 1. The second-order valence-corrected chi connectivity index (χ2v) is 5.50. The van der Waals surface area contributed by atoms with E-state index < -0.39 is 17.9 Å². The van der Waals surface area contributed by atoms with E-state index in [2.05, 4.69) is 17.6 Å². The summed E-state index contributed by atoms with van der Waals surface area (Å²) < 4.78 is 0. The van der Waals surface area contributed by atoms with Crippen LogP contribution in [0.15, 0.2) is 24.3 Å². The molecule has 1 aromatic carbocycles. The van der Waals surface area contributed by atoms with Crippen LogP contribution in [0.5, 0.6) is 0 Å². The van der Waals surface area contributed by atoms with Crippen LogP contribution in [-0.4, -0.2) is 23.8 Å². The lowest BCUT2D eigenvalue weighted by atomic mass is 10.1. The lowest BCUT2D eigenvalue weighted by Crippen LogP contribution is -2.44. The third-order valence-corrected chi connectivity index (χ3v) is 3.48. The highest BCUT2D eigenvalue weighted by Gasteiger charge is 2.20. The largest absolute Gasteiger partial charge is 0.368 e. The Balaban J connectivity index is 2.75. The molecular formula is C17H25N3O3. The van der Waals surface area contributed by atoms with Crippen molar-refractivity contribution in [2.45, 2.75) is 52.0 Å². The predicted molar refractivity (Wildman–Crippen MR) is 90.0 cm³/mol. The number of amides is 3. The zero-order valence-corrected chi connectivity index (χ0v) is 13.7. The van der Waals surface area contributed by atoms with Gasteiger partial charge < -0.3 is 16.4 Å². The van der Waals surface area contributed by atoms with Crippen molar-refractivity contribution in [3.8, 4) is 0 Å². The number of carbonyl (C=O) groups excluding carboxylic acids is 3. The average molecular weight is 319 g/mol. The van der Waals surface area contributed by atoms with Gasteiger partial charge in [-0.2, -0.15) is 0 Å². The molecule has 0 radical (unpaired) electrons. The monoisotopic (exact) mass is 319 g/mol. The summed E-state index contributed by atoms with van der Waals surface area (Å²) in [4.78, 5) is 35.1. The first-order valence-electron chi connectivity index (χ1n) is 7.92. The summed E-state index contributed by atoms with van der Waals surface area (Å²) in [5, 5.41) is 5.26. The number of benzene rings is 1. The summed E-state index contributed by atoms with van der Waals surface area (Å²) in [6.07, 6.45) is 4.53. The SMILES string of the molecule is CCCCCC[C@@H](NC(=O)c1ccccc1NC(C)=O)C(N)=O. The number of nitrogens with one attached hydrogen (secondary N) is 2. The molecule has 3 amide bonds. The Morgan fingerprint density at radius 3 is 2.43 bits per heavy atom. The van der Waals surface area contributed by atoms with E-state index in [0.717, 1.165) is 25.7 Å². The van der Waals surface area contributed by atoms with Crippen LogP contribution in [0.3, 0.4) is 0 Å². The van der Waals surface area contributed by atoms with Crippen molar-refractivity contribution in [2.75, 3.05) is 5.32 Å². The number of carbonyl (C=O) groups is 3. The highest BCUT2D eigenvalue weighted by Crippen LogP contribution is 2.15. The minimum Gasteiger partial charge on any atom is -0.368 e. The number of anilines is 1. The van der Waals surface area contributed by atoms with Crippen molar-refractivity contribution in [1.29, 1.82) is 0 Å². The van der Waals surface area contributed by atoms with Crippen LogP contribution in [0.25, 0.3) is 0 Å². The first-order chi connectivity index (χ1) is 11.0. The molecule has 6 nitrogen and oxygen atoms in total. The molecule has 1 rings (SSSR count). The van der Waals surface area contributed by atoms with Gasteiger partial charge in [0.05, 0.1) is 11.3 Å². The van der Waals surface area contributed by atoms with Gasteiger partial charge in [-0.05, 0) is 18.6 Å². The van der Waals surface area contributed by atoms with E-state index in [1.54, 1.807) is 24.3 Å². The minimum atomic E-state index is -0.704. The second-order valence-electron chi connectivity index (χ2n) is 5.50. The Kier molecular flexibility index (Phi) is 7.80. The molecule has 0 aliphatic carbocycles. The summed E-state index contributed by atoms with van der Waals surface area (Å²) in [6.45, 7) is 3.47. The minimum absolute atomic E-state index is 0.267. The quantitative estimate of drug-likeness (QED) is 0.608. The number of unbranched alkanes of at least 4 members (excludes halogenated alkanes) is 3. The fraction of sp³-hybridized carbons (Fsp3) is 0.471. The van der Waals surface area contributed by atoms with Crippen molar-refractivity contribution >= 4 is 23.4 Å². The number of primary amides is 1. The summed E-state index contributed by atoms with van der Waals surface area (Å²) in [6, 6.07) is 5.94. The van der Waals surface area contributed by atoms with Gasteiger partial charge in [0.2, 0.25) is 11.8 Å². The van der Waals surface area contributed by atoms with Crippen LogP contribution in [-0.2, 0) is 9.59 Å². The third-order valence-electron chi connectivity index (χ3n) is 3.48. The topological polar surface area (TPSA) is 101 Å². The first-order valence-corrected chi connectivity index (χ1v) is 7.92. The van der Waals surface area contributed by atoms with Gasteiger partial charge in [0.25, 0.3) is 5.91 Å². The van der Waals surface area contributed by atoms with Gasteiger partial charge in [0.1, 0.15) is 6.04 Å². The first kappa shape index (κ1) is 18.7. The van der Waals surface area contributed by atoms with E-state index in [1.165, 1.54) is 6.92 Å². The summed E-state index contributed by atoms with van der Waals surface area (Å²) in [7, 11) is 0. The lowest BCUT2D eigenvalue weighted by molar-refractivity contribution is -0.120. The van der Waals surface area contributed by atoms with E-state index in [1.807, 2.05) is 0 Å². The molecule has 0 bridgehead atoms. The molecule has 6 heteroatoms. The number of hydrogen-bond donors (Lipinski definition) is 3. The van der Waals surface area contributed by atoms with Gasteiger partial charge in [-0.25, -0.2) is 0 Å². The maximum Gasteiger partial charge on any atom is 0.254 e. The maximum atomic E-state index is 12.4. The highest BCUT2D eigenvalue weighted by molar-refractivity contribution is 6.04. The van der Waals surface area contributed by atoms with E-state index in [4.69, 9.17) is 5.73 Å². The van der Waals surface area contributed by atoms with E-state index >= 15 is 0 Å². The van der Waals surface area contributed by atoms with E-state index in [9.17, 15) is 14.4 Å². The number of rotatable bonds is 9. The second kappa shape index (κ2) is 9.61. The van der Waals surface area contributed by atoms with Crippen molar-refractivity contribution in [1.82, 2.24) is 5.32 Å². The van der Waals surface area contributed by atoms with Gasteiger partial charge in [0, 0.05) is 6.92 Å². The molecule has 0 saturated heterocycles. The normalized spacial score (nSPS) is 11.6. The molecule has 1 atom stereocenters. The molecule has 4 N–H and O–H groups in total. The molecule has 0 spiro atoms. The molecule has 0 aliphatic rings. The fourth-order valence-corrected chi connectivity index (χ4v) is 2.28. The highest BCUT2D eigenvalue weighted by atomic mass is 16.2. The molecule has 1 aromatic rings. The van der Waals surface area contributed by atoms with Gasteiger partial charge in [-0.1, -0.05) is 44.7 Å². The van der Waals surface area contributed by atoms with Crippen LogP contribution < -0.4 is 16.4 Å². The molecule has 0 fully saturated rings. The Labute approximate surface area is 136 Å². The van der Waals surface area contributed by atoms with Crippen LogP contribution in [0.4, 0.5) is 5.69 Å². The van der Waals surface area contributed by atoms with Crippen molar-refractivity contribution in [2.24, 2.45) is 5.73 Å². The molecule has 0 saturated carbocycles. The molecule has 0 heterocycles. The van der Waals surface area contributed by atoms with Crippen LogP contribution >= 0.6 is 0 Å². The molecule has 23 heavy (non-hydrogen) atoms. The smallest absolute Gasteiger partial charge is 0.254 e. The van der Waals surface area contributed by atoms with Crippen LogP contribution in [0, 0.1) is 0 Å². The molecule has 0 aromatic heterocycles. The summed E-state index contributed by atoms with van der Waals surface area (Å²) in [5.74, 6) is -1.24. The maximum absolute atomic E-state index is 12.4. The van der Waals surface area contributed by atoms with Crippen LogP contribution in [0.2, 0.25) is 0 Å². The average Bonchev–Trinajstić information content (AvgIpc) is 2.49. The van der Waals surface area contributed by atoms with E-state index in [-0.39, 0.29) is 5.91 Å². The molecule has 0 unspecified atom stereocenters. The van der Waals surface area contributed by atoms with Gasteiger partial charge in [-0.3, -0.25) is 14.4 Å². The molecular weight excluding hydrogens is 294 g/mol. The van der Waals surface area contributed by atoms with E-state index in [0.29, 0.717) is 17.7 Å². The lowest BCUT2D eigenvalue weighted by Gasteiger charge is -2.17. The Morgan fingerprint density at radius 1 is 1.13 bits per heavy atom. The van der Waals surface area contributed by atoms with Crippen molar-refractivity contribution < 1.29 is 14.4 Å². The van der Waals surface area contributed by atoms with Gasteiger partial charge >= 0.3 is 0 Å². The standard InChI is InChI=1S/C17H25N3O3/c1-3-4-5-6-11-15(16(18)22)20-17(23)13-9-7-8-10-14(13)19-12(2)21/h7-10,15H,3-6,11H2,1-2H3,(H2,18,22)(H,19,21)(H,20,23)/t15-/m1/s1.